The van der Waals surface area contributed by atoms with Crippen LogP contribution in [0.4, 0.5) is 0 Å². The number of rotatable bonds is 3. The zero-order chi connectivity index (χ0) is 11.4. The van der Waals surface area contributed by atoms with E-state index >= 15 is 0 Å². The van der Waals surface area contributed by atoms with Gasteiger partial charge in [-0.15, -0.1) is 0 Å². The zero-order valence-corrected chi connectivity index (χ0v) is 9.02. The fourth-order valence-electron chi connectivity index (χ4n) is 1.30. The van der Waals surface area contributed by atoms with Crippen LogP contribution in [0.2, 0.25) is 0 Å². The van der Waals surface area contributed by atoms with Gasteiger partial charge in [0, 0.05) is 41.2 Å². The molecule has 0 aromatic carbocycles. The number of aliphatic carboxylic acids is 1. The zero-order valence-electron chi connectivity index (χ0n) is 8.20. The van der Waals surface area contributed by atoms with E-state index in [0.717, 1.165) is 22.8 Å². The van der Waals surface area contributed by atoms with E-state index in [4.69, 9.17) is 5.11 Å². The van der Waals surface area contributed by atoms with Gasteiger partial charge in [0.05, 0.1) is 0 Å². The van der Waals surface area contributed by atoms with Crippen molar-refractivity contribution >= 4 is 23.6 Å². The van der Waals surface area contributed by atoms with Gasteiger partial charge in [-0.2, -0.15) is 0 Å². The standard InChI is InChI=1S/C11H8N2O2S/c14-11(15)2-1-8-5-12-4-3-10(8)9-6-13-16-7-9/h1-7H,(H,14,15). The third-order valence-electron chi connectivity index (χ3n) is 2.00. The summed E-state index contributed by atoms with van der Waals surface area (Å²) in [6, 6.07) is 1.84. The van der Waals surface area contributed by atoms with Crippen molar-refractivity contribution in [3.05, 3.63) is 41.7 Å². The summed E-state index contributed by atoms with van der Waals surface area (Å²) in [5.74, 6) is -0.974. The Bertz CT molecular complexity index is 521. The molecule has 0 radical (unpaired) electrons. The number of aromatic nitrogens is 2. The number of hydrogen-bond donors (Lipinski definition) is 1. The van der Waals surface area contributed by atoms with Crippen LogP contribution in [-0.2, 0) is 4.79 Å². The Hall–Kier alpha value is -2.01. The lowest BCUT2D eigenvalue weighted by molar-refractivity contribution is -0.131. The van der Waals surface area contributed by atoms with E-state index in [2.05, 4.69) is 9.36 Å². The molecule has 0 saturated heterocycles. The molecule has 0 saturated carbocycles. The van der Waals surface area contributed by atoms with Crippen LogP contribution < -0.4 is 0 Å². The van der Waals surface area contributed by atoms with E-state index in [9.17, 15) is 4.79 Å². The van der Waals surface area contributed by atoms with Crippen molar-refractivity contribution in [3.63, 3.8) is 0 Å². The fourth-order valence-corrected chi connectivity index (χ4v) is 1.84. The first kappa shape index (κ1) is 10.5. The van der Waals surface area contributed by atoms with E-state index in [1.165, 1.54) is 17.6 Å². The van der Waals surface area contributed by atoms with Gasteiger partial charge in [0.25, 0.3) is 0 Å². The van der Waals surface area contributed by atoms with Gasteiger partial charge in [-0.25, -0.2) is 9.17 Å². The molecule has 2 aromatic heterocycles. The molecular weight excluding hydrogens is 224 g/mol. The van der Waals surface area contributed by atoms with Crippen molar-refractivity contribution < 1.29 is 9.90 Å². The molecule has 0 aliphatic heterocycles. The SMILES string of the molecule is O=C(O)C=Cc1cnccc1-c1cnsc1. The highest BCUT2D eigenvalue weighted by Gasteiger charge is 2.03. The number of carboxylic acids is 1. The van der Waals surface area contributed by atoms with Gasteiger partial charge >= 0.3 is 5.97 Å². The largest absolute Gasteiger partial charge is 0.478 e. The average Bonchev–Trinajstić information content (AvgIpc) is 2.80. The van der Waals surface area contributed by atoms with Crippen molar-refractivity contribution in [2.45, 2.75) is 0 Å². The molecule has 0 unspecified atom stereocenters. The molecule has 0 atom stereocenters. The number of carboxylic acid groups (broad SMARTS) is 1. The Morgan fingerprint density at radius 2 is 2.31 bits per heavy atom. The summed E-state index contributed by atoms with van der Waals surface area (Å²) in [6.07, 6.45) is 7.68. The molecule has 4 nitrogen and oxygen atoms in total. The van der Waals surface area contributed by atoms with Crippen LogP contribution in [0.25, 0.3) is 17.2 Å². The molecule has 0 aliphatic rings. The van der Waals surface area contributed by atoms with Crippen LogP contribution in [0.5, 0.6) is 0 Å². The number of nitrogens with zero attached hydrogens (tertiary/aromatic N) is 2. The summed E-state index contributed by atoms with van der Waals surface area (Å²) in [4.78, 5) is 14.4. The molecule has 0 aliphatic carbocycles. The van der Waals surface area contributed by atoms with E-state index in [1.54, 1.807) is 18.6 Å². The Morgan fingerprint density at radius 1 is 1.44 bits per heavy atom. The van der Waals surface area contributed by atoms with Crippen LogP contribution in [0.1, 0.15) is 5.56 Å². The maximum Gasteiger partial charge on any atom is 0.328 e. The molecule has 80 valence electrons. The smallest absolute Gasteiger partial charge is 0.328 e. The minimum absolute atomic E-state index is 0.769. The van der Waals surface area contributed by atoms with Gasteiger partial charge in [0.1, 0.15) is 0 Å². The van der Waals surface area contributed by atoms with Gasteiger partial charge in [0.15, 0.2) is 0 Å². The summed E-state index contributed by atoms with van der Waals surface area (Å²) in [5.41, 5.74) is 2.67. The second kappa shape index (κ2) is 4.67. The molecule has 5 heteroatoms. The quantitative estimate of drug-likeness (QED) is 0.825. The fraction of sp³-hybridized carbons (Fsp3) is 0. The molecule has 16 heavy (non-hydrogen) atoms. The maximum absolute atomic E-state index is 10.5. The molecule has 0 bridgehead atoms. The van der Waals surface area contributed by atoms with Crippen molar-refractivity contribution in [2.24, 2.45) is 0 Å². The van der Waals surface area contributed by atoms with Crippen molar-refractivity contribution in [1.29, 1.82) is 0 Å². The molecule has 0 fully saturated rings. The third kappa shape index (κ3) is 2.32. The predicted molar refractivity (Wildman–Crippen MR) is 62.0 cm³/mol. The Labute approximate surface area is 96.1 Å². The Kier molecular flexibility index (Phi) is 3.07. The monoisotopic (exact) mass is 232 g/mol. The van der Waals surface area contributed by atoms with Crippen molar-refractivity contribution in [3.8, 4) is 11.1 Å². The lowest BCUT2D eigenvalue weighted by Gasteiger charge is -2.01. The van der Waals surface area contributed by atoms with Crippen LogP contribution in [0, 0.1) is 0 Å². The van der Waals surface area contributed by atoms with Gasteiger partial charge in [0.2, 0.25) is 0 Å². The molecule has 2 heterocycles. The van der Waals surface area contributed by atoms with Crippen molar-refractivity contribution in [1.82, 2.24) is 9.36 Å². The molecule has 2 aromatic rings. The van der Waals surface area contributed by atoms with Gasteiger partial charge in [-0.05, 0) is 29.2 Å². The molecule has 1 N–H and O–H groups in total. The molecular formula is C11H8N2O2S. The Balaban J connectivity index is 2.42. The number of pyridine rings is 1. The van der Waals surface area contributed by atoms with E-state index in [0.29, 0.717) is 0 Å². The summed E-state index contributed by atoms with van der Waals surface area (Å²) >= 11 is 1.36. The summed E-state index contributed by atoms with van der Waals surface area (Å²) in [5, 5.41) is 10.5. The highest BCUT2D eigenvalue weighted by molar-refractivity contribution is 7.03. The first-order valence-electron chi connectivity index (χ1n) is 4.52. The van der Waals surface area contributed by atoms with E-state index in [-0.39, 0.29) is 0 Å². The minimum atomic E-state index is -0.974. The normalized spacial score (nSPS) is 10.8. The third-order valence-corrected chi connectivity index (χ3v) is 2.59. The topological polar surface area (TPSA) is 63.1 Å². The maximum atomic E-state index is 10.5. The highest BCUT2D eigenvalue weighted by Crippen LogP contribution is 2.24. The average molecular weight is 232 g/mol. The van der Waals surface area contributed by atoms with Gasteiger partial charge < -0.3 is 5.11 Å². The van der Waals surface area contributed by atoms with E-state index < -0.39 is 5.97 Å². The molecule has 0 amide bonds. The lowest BCUT2D eigenvalue weighted by Crippen LogP contribution is -1.88. The lowest BCUT2D eigenvalue weighted by atomic mass is 10.1. The first-order chi connectivity index (χ1) is 7.77. The van der Waals surface area contributed by atoms with Crippen LogP contribution in [0.3, 0.4) is 0 Å². The number of carbonyl (C=O) groups is 1. The molecule has 2 rings (SSSR count). The second-order valence-corrected chi connectivity index (χ2v) is 3.70. The summed E-state index contributed by atoms with van der Waals surface area (Å²) in [6.45, 7) is 0. The van der Waals surface area contributed by atoms with Gasteiger partial charge in [-0.3, -0.25) is 4.98 Å². The van der Waals surface area contributed by atoms with Crippen LogP contribution >= 0.6 is 11.5 Å². The molecule has 0 spiro atoms. The van der Waals surface area contributed by atoms with Gasteiger partial charge in [-0.1, -0.05) is 0 Å². The number of hydrogen-bond acceptors (Lipinski definition) is 4. The Morgan fingerprint density at radius 3 is 3.00 bits per heavy atom. The second-order valence-electron chi connectivity index (χ2n) is 3.05. The van der Waals surface area contributed by atoms with Crippen LogP contribution in [0.15, 0.2) is 36.1 Å². The van der Waals surface area contributed by atoms with Crippen molar-refractivity contribution in [2.75, 3.05) is 0 Å². The summed E-state index contributed by atoms with van der Waals surface area (Å²) in [7, 11) is 0. The summed E-state index contributed by atoms with van der Waals surface area (Å²) < 4.78 is 4.02. The van der Waals surface area contributed by atoms with E-state index in [1.807, 2.05) is 11.4 Å². The first-order valence-corrected chi connectivity index (χ1v) is 5.36. The highest BCUT2D eigenvalue weighted by atomic mass is 32.1. The van der Waals surface area contributed by atoms with Crippen LogP contribution in [-0.4, -0.2) is 20.4 Å². The minimum Gasteiger partial charge on any atom is -0.478 e. The predicted octanol–water partition coefficient (Wildman–Crippen LogP) is 2.30.